The minimum Gasteiger partial charge on any atom is -0.465 e. The number of esters is 1. The summed E-state index contributed by atoms with van der Waals surface area (Å²) in [6.07, 6.45) is -4.19. The molecule has 1 heterocycles. The number of ether oxygens (including phenoxy) is 1. The predicted molar refractivity (Wildman–Crippen MR) is 139 cm³/mol. The lowest BCUT2D eigenvalue weighted by molar-refractivity contribution is -0.151. The van der Waals surface area contributed by atoms with Crippen LogP contribution in [0.15, 0.2) is 84.0 Å². The molecule has 1 aliphatic rings. The minimum atomic E-state index is -4.47. The van der Waals surface area contributed by atoms with Crippen LogP contribution in [0.4, 0.5) is 18.9 Å². The predicted octanol–water partition coefficient (Wildman–Crippen LogP) is 5.81. The van der Waals surface area contributed by atoms with E-state index in [1.807, 2.05) is 30.3 Å². The number of amides is 1. The van der Waals surface area contributed by atoms with Crippen LogP contribution in [0.5, 0.6) is 0 Å². The zero-order valence-electron chi connectivity index (χ0n) is 20.5. The molecule has 1 aliphatic heterocycles. The Balaban J connectivity index is 1.62. The van der Waals surface area contributed by atoms with Gasteiger partial charge in [0.1, 0.15) is 12.0 Å². The van der Waals surface area contributed by atoms with Gasteiger partial charge in [0, 0.05) is 10.7 Å². The highest BCUT2D eigenvalue weighted by Crippen LogP contribution is 2.37. The lowest BCUT2D eigenvalue weighted by atomic mass is 9.75. The van der Waals surface area contributed by atoms with Crippen molar-refractivity contribution in [1.82, 2.24) is 5.01 Å². The molecular weight excluding hydrogens is 519 g/mol. The average molecular weight is 544 g/mol. The third-order valence-electron chi connectivity index (χ3n) is 6.10. The van der Waals surface area contributed by atoms with Crippen molar-refractivity contribution in [2.75, 3.05) is 25.0 Å². The van der Waals surface area contributed by atoms with Gasteiger partial charge in [-0.15, -0.1) is 0 Å². The number of benzene rings is 3. The highest BCUT2D eigenvalue weighted by atomic mass is 35.5. The highest BCUT2D eigenvalue weighted by molar-refractivity contribution is 6.30. The third-order valence-corrected chi connectivity index (χ3v) is 6.35. The summed E-state index contributed by atoms with van der Waals surface area (Å²) >= 11 is 6.08. The summed E-state index contributed by atoms with van der Waals surface area (Å²) < 4.78 is 44.0. The molecule has 0 fully saturated rings. The number of hydrogen-bond acceptors (Lipinski definition) is 5. The Labute approximate surface area is 223 Å². The molecule has 0 saturated carbocycles. The van der Waals surface area contributed by atoms with Crippen LogP contribution in [0.25, 0.3) is 0 Å². The standard InChI is InChI=1S/C28H25ClF3N3O3/c1-2-38-26(37)27(16-19-6-4-3-5-7-19)18-35(34-25(27)20-8-12-22(29)13-9-20)17-24(36)33-23-14-10-21(11-15-23)28(30,31)32/h3-15H,2,16-18H2,1H3,(H,33,36). The van der Waals surface area contributed by atoms with Crippen molar-refractivity contribution in [3.63, 3.8) is 0 Å². The van der Waals surface area contributed by atoms with Crippen LogP contribution >= 0.6 is 11.6 Å². The van der Waals surface area contributed by atoms with Gasteiger partial charge in [-0.2, -0.15) is 18.3 Å². The quantitative estimate of drug-likeness (QED) is 0.364. The summed E-state index contributed by atoms with van der Waals surface area (Å²) in [5, 5.41) is 9.25. The molecule has 4 rings (SSSR count). The second kappa shape index (κ2) is 11.3. The monoisotopic (exact) mass is 543 g/mol. The Morgan fingerprint density at radius 2 is 1.68 bits per heavy atom. The maximum Gasteiger partial charge on any atom is 0.416 e. The number of nitrogens with one attached hydrogen (secondary N) is 1. The van der Waals surface area contributed by atoms with Gasteiger partial charge >= 0.3 is 12.1 Å². The lowest BCUT2D eigenvalue weighted by Gasteiger charge is -2.29. The molecule has 0 aromatic heterocycles. The summed E-state index contributed by atoms with van der Waals surface area (Å²) in [6, 6.07) is 20.5. The zero-order valence-corrected chi connectivity index (χ0v) is 21.2. The Morgan fingerprint density at radius 1 is 1.03 bits per heavy atom. The Kier molecular flexibility index (Phi) is 8.06. The van der Waals surface area contributed by atoms with Crippen molar-refractivity contribution < 1.29 is 27.5 Å². The summed E-state index contributed by atoms with van der Waals surface area (Å²) in [7, 11) is 0. The molecule has 3 aromatic carbocycles. The van der Waals surface area contributed by atoms with E-state index in [1.165, 1.54) is 17.1 Å². The van der Waals surface area contributed by atoms with Crippen molar-refractivity contribution in [3.8, 4) is 0 Å². The van der Waals surface area contributed by atoms with E-state index in [1.54, 1.807) is 31.2 Å². The second-order valence-electron chi connectivity index (χ2n) is 8.87. The van der Waals surface area contributed by atoms with E-state index < -0.39 is 29.0 Å². The lowest BCUT2D eigenvalue weighted by Crippen LogP contribution is -2.46. The first-order chi connectivity index (χ1) is 18.1. The zero-order chi connectivity index (χ0) is 27.3. The van der Waals surface area contributed by atoms with Gasteiger partial charge in [-0.25, -0.2) is 0 Å². The molecule has 1 N–H and O–H groups in total. The van der Waals surface area contributed by atoms with E-state index in [2.05, 4.69) is 10.4 Å². The number of carbonyl (C=O) groups is 2. The Morgan fingerprint density at radius 3 is 2.29 bits per heavy atom. The molecule has 198 valence electrons. The SMILES string of the molecule is CCOC(=O)C1(Cc2ccccc2)CN(CC(=O)Nc2ccc(C(F)(F)F)cc2)N=C1c1ccc(Cl)cc1. The van der Waals surface area contributed by atoms with Crippen LogP contribution in [0.2, 0.25) is 5.02 Å². The fourth-order valence-corrected chi connectivity index (χ4v) is 4.51. The summed E-state index contributed by atoms with van der Waals surface area (Å²) in [5.74, 6) is -0.966. The van der Waals surface area contributed by atoms with Crippen LogP contribution in [0.3, 0.4) is 0 Å². The van der Waals surface area contributed by atoms with Crippen molar-refractivity contribution in [3.05, 3.63) is 101 Å². The van der Waals surface area contributed by atoms with Crippen LogP contribution in [-0.2, 0) is 26.9 Å². The fourth-order valence-electron chi connectivity index (χ4n) is 4.39. The summed E-state index contributed by atoms with van der Waals surface area (Å²) in [5.41, 5.74) is 0.179. The number of hydrazone groups is 1. The molecule has 1 unspecified atom stereocenters. The smallest absolute Gasteiger partial charge is 0.416 e. The molecule has 6 nitrogen and oxygen atoms in total. The van der Waals surface area contributed by atoms with Crippen LogP contribution in [-0.4, -0.2) is 42.3 Å². The molecule has 3 aromatic rings. The highest BCUT2D eigenvalue weighted by Gasteiger charge is 2.51. The molecular formula is C28H25ClF3N3O3. The van der Waals surface area contributed by atoms with Crippen molar-refractivity contribution in [1.29, 1.82) is 0 Å². The maximum atomic E-state index is 13.5. The number of carbonyl (C=O) groups excluding carboxylic acids is 2. The van der Waals surface area contributed by atoms with Gasteiger partial charge in [0.05, 0.1) is 24.4 Å². The first-order valence-electron chi connectivity index (χ1n) is 11.9. The van der Waals surface area contributed by atoms with Gasteiger partial charge in [0.2, 0.25) is 5.91 Å². The number of hydrogen-bond donors (Lipinski definition) is 1. The summed E-state index contributed by atoms with van der Waals surface area (Å²) in [4.78, 5) is 26.3. The number of rotatable bonds is 8. The summed E-state index contributed by atoms with van der Waals surface area (Å²) in [6.45, 7) is 1.72. The number of anilines is 1. The van der Waals surface area contributed by atoms with E-state index in [0.29, 0.717) is 16.3 Å². The molecule has 0 spiro atoms. The number of nitrogens with zero attached hydrogens (tertiary/aromatic N) is 2. The Bertz CT molecular complexity index is 1310. The molecule has 38 heavy (non-hydrogen) atoms. The molecule has 0 bridgehead atoms. The molecule has 0 radical (unpaired) electrons. The van der Waals surface area contributed by atoms with Crippen molar-refractivity contribution in [2.45, 2.75) is 19.5 Å². The average Bonchev–Trinajstić information content (AvgIpc) is 3.23. The van der Waals surface area contributed by atoms with E-state index in [-0.39, 0.29) is 31.8 Å². The van der Waals surface area contributed by atoms with E-state index in [0.717, 1.165) is 17.7 Å². The van der Waals surface area contributed by atoms with Gasteiger partial charge in [-0.1, -0.05) is 54.1 Å². The topological polar surface area (TPSA) is 71.0 Å². The van der Waals surface area contributed by atoms with Crippen molar-refractivity contribution in [2.24, 2.45) is 10.5 Å². The van der Waals surface area contributed by atoms with Gasteiger partial charge in [0.25, 0.3) is 0 Å². The molecule has 10 heteroatoms. The second-order valence-corrected chi connectivity index (χ2v) is 9.30. The van der Waals surface area contributed by atoms with Gasteiger partial charge in [0.15, 0.2) is 0 Å². The van der Waals surface area contributed by atoms with Gasteiger partial charge in [-0.05, 0) is 60.9 Å². The normalized spacial score (nSPS) is 17.2. The maximum absolute atomic E-state index is 13.5. The number of alkyl halides is 3. The molecule has 0 aliphatic carbocycles. The van der Waals surface area contributed by atoms with E-state index in [4.69, 9.17) is 16.3 Å². The fraction of sp³-hybridized carbons (Fsp3) is 0.250. The van der Waals surface area contributed by atoms with Crippen LogP contribution in [0, 0.1) is 5.41 Å². The largest absolute Gasteiger partial charge is 0.465 e. The van der Waals surface area contributed by atoms with Crippen LogP contribution < -0.4 is 5.32 Å². The molecule has 0 saturated heterocycles. The first kappa shape index (κ1) is 27.2. The van der Waals surface area contributed by atoms with Crippen LogP contribution in [0.1, 0.15) is 23.6 Å². The van der Waals surface area contributed by atoms with Gasteiger partial charge < -0.3 is 10.1 Å². The van der Waals surface area contributed by atoms with E-state index >= 15 is 0 Å². The van der Waals surface area contributed by atoms with E-state index in [9.17, 15) is 22.8 Å². The number of halogens is 4. The minimum absolute atomic E-state index is 0.0686. The first-order valence-corrected chi connectivity index (χ1v) is 12.3. The molecule has 1 atom stereocenters. The Hall–Kier alpha value is -3.85. The van der Waals surface area contributed by atoms with Crippen molar-refractivity contribution >= 4 is 34.9 Å². The van der Waals surface area contributed by atoms with Gasteiger partial charge in [-0.3, -0.25) is 14.6 Å². The molecule has 1 amide bonds. The third kappa shape index (κ3) is 6.16.